The Labute approximate surface area is 151 Å². The average Bonchev–Trinajstić information content (AvgIpc) is 2.64. The Morgan fingerprint density at radius 1 is 1.15 bits per heavy atom. The maximum Gasteiger partial charge on any atom is 0.332 e. The number of nitriles is 1. The van der Waals surface area contributed by atoms with Crippen molar-refractivity contribution in [3.8, 4) is 6.07 Å². The number of aliphatic hydroxyl groups excluding tert-OH is 1. The van der Waals surface area contributed by atoms with E-state index in [1.807, 2.05) is 17.0 Å². The van der Waals surface area contributed by atoms with Crippen molar-refractivity contribution in [1.82, 2.24) is 14.0 Å². The van der Waals surface area contributed by atoms with Gasteiger partial charge in [-0.3, -0.25) is 18.8 Å². The van der Waals surface area contributed by atoms with Gasteiger partial charge in [-0.15, -0.1) is 0 Å². The summed E-state index contributed by atoms with van der Waals surface area (Å²) in [5.74, 6) is 0.459. The fourth-order valence-corrected chi connectivity index (χ4v) is 2.60. The summed E-state index contributed by atoms with van der Waals surface area (Å²) in [5.41, 5.74) is 0.902. The van der Waals surface area contributed by atoms with Gasteiger partial charge in [-0.25, -0.2) is 4.79 Å². The van der Waals surface area contributed by atoms with Crippen molar-refractivity contribution in [3.05, 3.63) is 62.3 Å². The minimum absolute atomic E-state index is 0.0284. The molecule has 0 atom stereocenters. The second-order valence-corrected chi connectivity index (χ2v) is 6.00. The molecule has 2 N–H and O–H groups in total. The van der Waals surface area contributed by atoms with Crippen LogP contribution < -0.4 is 16.6 Å². The van der Waals surface area contributed by atoms with Gasteiger partial charge >= 0.3 is 5.69 Å². The van der Waals surface area contributed by atoms with Crippen LogP contribution >= 0.6 is 0 Å². The first-order valence-electron chi connectivity index (χ1n) is 8.29. The van der Waals surface area contributed by atoms with Crippen molar-refractivity contribution in [2.24, 2.45) is 14.1 Å². The summed E-state index contributed by atoms with van der Waals surface area (Å²) in [6.45, 7) is 2.28. The number of rotatable bonds is 8. The van der Waals surface area contributed by atoms with E-state index in [0.29, 0.717) is 37.6 Å². The lowest BCUT2D eigenvalue weighted by atomic mass is 10.1. The lowest BCUT2D eigenvalue weighted by Gasteiger charge is -2.22. The van der Waals surface area contributed by atoms with E-state index in [-0.39, 0.29) is 17.9 Å². The van der Waals surface area contributed by atoms with E-state index in [2.05, 4.69) is 11.4 Å². The van der Waals surface area contributed by atoms with Crippen LogP contribution in [0.2, 0.25) is 0 Å². The number of nitrogens with zero attached hydrogens (tertiary/aromatic N) is 4. The van der Waals surface area contributed by atoms with E-state index in [1.165, 1.54) is 17.7 Å². The van der Waals surface area contributed by atoms with Gasteiger partial charge in [0.1, 0.15) is 5.82 Å². The first-order valence-corrected chi connectivity index (χ1v) is 8.29. The molecule has 2 aromatic rings. The predicted molar refractivity (Wildman–Crippen MR) is 98.9 cm³/mol. The van der Waals surface area contributed by atoms with Crippen LogP contribution in [0, 0.1) is 11.3 Å². The van der Waals surface area contributed by atoms with Crippen LogP contribution in [0.15, 0.2) is 39.9 Å². The van der Waals surface area contributed by atoms with Gasteiger partial charge in [0.25, 0.3) is 5.56 Å². The second-order valence-electron chi connectivity index (χ2n) is 6.00. The van der Waals surface area contributed by atoms with Crippen molar-refractivity contribution in [2.45, 2.75) is 6.54 Å². The van der Waals surface area contributed by atoms with Gasteiger partial charge in [0.2, 0.25) is 0 Å². The Bertz CT molecular complexity index is 893. The van der Waals surface area contributed by atoms with Crippen LogP contribution in [0.4, 0.5) is 5.82 Å². The van der Waals surface area contributed by atoms with E-state index in [0.717, 1.165) is 10.1 Å². The predicted octanol–water partition coefficient (Wildman–Crippen LogP) is -0.138. The highest BCUT2D eigenvalue weighted by atomic mass is 16.3. The molecule has 0 radical (unpaired) electrons. The van der Waals surface area contributed by atoms with Crippen LogP contribution in [0.25, 0.3) is 0 Å². The van der Waals surface area contributed by atoms with Gasteiger partial charge in [-0.2, -0.15) is 5.26 Å². The van der Waals surface area contributed by atoms with Crippen LogP contribution in [-0.2, 0) is 20.6 Å². The summed E-state index contributed by atoms with van der Waals surface area (Å²) < 4.78 is 2.44. The third-order valence-electron chi connectivity index (χ3n) is 4.17. The molecule has 8 heteroatoms. The molecule has 0 spiro atoms. The standard InChI is InChI=1S/C18H23N5O3/c1-21-16(11-17(25)22(2)18(21)26)20-7-8-23(9-10-24)13-15-5-3-14(12-19)4-6-15/h3-6,11,20,24H,7-10,13H2,1-2H3. The molecule has 0 amide bonds. The first kappa shape index (κ1) is 19.4. The summed E-state index contributed by atoms with van der Waals surface area (Å²) in [5, 5.41) is 21.2. The molecule has 0 aliphatic heterocycles. The number of aliphatic hydroxyl groups is 1. The van der Waals surface area contributed by atoms with Gasteiger partial charge in [-0.1, -0.05) is 12.1 Å². The number of anilines is 1. The molecule has 0 aliphatic rings. The summed E-state index contributed by atoms with van der Waals surface area (Å²) >= 11 is 0. The first-order chi connectivity index (χ1) is 12.5. The second kappa shape index (κ2) is 8.99. The largest absolute Gasteiger partial charge is 0.395 e. The van der Waals surface area contributed by atoms with Gasteiger partial charge in [0, 0.05) is 46.3 Å². The summed E-state index contributed by atoms with van der Waals surface area (Å²) in [6, 6.07) is 10.8. The van der Waals surface area contributed by atoms with Crippen molar-refractivity contribution in [2.75, 3.05) is 31.6 Å². The molecule has 138 valence electrons. The Hall–Kier alpha value is -2.89. The zero-order chi connectivity index (χ0) is 19.1. The summed E-state index contributed by atoms with van der Waals surface area (Å²) in [7, 11) is 3.04. The van der Waals surface area contributed by atoms with Crippen LogP contribution in [-0.4, -0.2) is 45.4 Å². The fraction of sp³-hybridized carbons (Fsp3) is 0.389. The quantitative estimate of drug-likeness (QED) is 0.682. The number of nitrogens with one attached hydrogen (secondary N) is 1. The molecule has 0 saturated heterocycles. The van der Waals surface area contributed by atoms with Crippen molar-refractivity contribution in [1.29, 1.82) is 5.26 Å². The Morgan fingerprint density at radius 3 is 2.46 bits per heavy atom. The molecule has 0 fully saturated rings. The zero-order valence-electron chi connectivity index (χ0n) is 15.0. The molecule has 2 rings (SSSR count). The van der Waals surface area contributed by atoms with Crippen molar-refractivity contribution in [3.63, 3.8) is 0 Å². The Morgan fingerprint density at radius 2 is 1.85 bits per heavy atom. The highest BCUT2D eigenvalue weighted by Gasteiger charge is 2.08. The highest BCUT2D eigenvalue weighted by molar-refractivity contribution is 5.34. The molecule has 8 nitrogen and oxygen atoms in total. The third kappa shape index (κ3) is 4.81. The fourth-order valence-electron chi connectivity index (χ4n) is 2.60. The molecule has 26 heavy (non-hydrogen) atoms. The van der Waals surface area contributed by atoms with Crippen molar-refractivity contribution < 1.29 is 5.11 Å². The van der Waals surface area contributed by atoms with Gasteiger partial charge < -0.3 is 10.4 Å². The van der Waals surface area contributed by atoms with E-state index in [4.69, 9.17) is 5.26 Å². The summed E-state index contributed by atoms with van der Waals surface area (Å²) in [4.78, 5) is 25.7. The molecule has 0 saturated carbocycles. The monoisotopic (exact) mass is 357 g/mol. The molecule has 1 aromatic heterocycles. The Kier molecular flexibility index (Phi) is 6.72. The normalized spacial score (nSPS) is 10.7. The number of hydrogen-bond acceptors (Lipinski definition) is 6. The summed E-state index contributed by atoms with van der Waals surface area (Å²) in [6.07, 6.45) is 0. The minimum atomic E-state index is -0.384. The third-order valence-corrected chi connectivity index (χ3v) is 4.17. The van der Waals surface area contributed by atoms with Gasteiger partial charge in [0.15, 0.2) is 0 Å². The molecule has 0 aliphatic carbocycles. The number of benzene rings is 1. The topological polar surface area (TPSA) is 103 Å². The zero-order valence-corrected chi connectivity index (χ0v) is 15.0. The van der Waals surface area contributed by atoms with Gasteiger partial charge in [-0.05, 0) is 17.7 Å². The molecular formula is C18H23N5O3. The highest BCUT2D eigenvalue weighted by Crippen LogP contribution is 2.07. The maximum absolute atomic E-state index is 11.9. The van der Waals surface area contributed by atoms with Crippen LogP contribution in [0.1, 0.15) is 11.1 Å². The van der Waals surface area contributed by atoms with E-state index in [9.17, 15) is 14.7 Å². The number of aromatic nitrogens is 2. The van der Waals surface area contributed by atoms with Crippen LogP contribution in [0.5, 0.6) is 0 Å². The van der Waals surface area contributed by atoms with Gasteiger partial charge in [0.05, 0.1) is 18.2 Å². The van der Waals surface area contributed by atoms with E-state index >= 15 is 0 Å². The molecule has 0 bridgehead atoms. The lowest BCUT2D eigenvalue weighted by Crippen LogP contribution is -2.38. The van der Waals surface area contributed by atoms with E-state index < -0.39 is 0 Å². The average molecular weight is 357 g/mol. The van der Waals surface area contributed by atoms with Crippen molar-refractivity contribution >= 4 is 5.82 Å². The molecule has 1 heterocycles. The van der Waals surface area contributed by atoms with Crippen LogP contribution in [0.3, 0.4) is 0 Å². The van der Waals surface area contributed by atoms with E-state index in [1.54, 1.807) is 19.2 Å². The maximum atomic E-state index is 11.9. The number of hydrogen-bond donors (Lipinski definition) is 2. The SMILES string of the molecule is Cn1c(NCCN(CCO)Cc2ccc(C#N)cc2)cc(=O)n(C)c1=O. The molecule has 1 aromatic carbocycles. The Balaban J connectivity index is 1.99. The lowest BCUT2D eigenvalue weighted by molar-refractivity contribution is 0.195. The molecular weight excluding hydrogens is 334 g/mol. The molecule has 0 unspecified atom stereocenters. The smallest absolute Gasteiger partial charge is 0.332 e. The minimum Gasteiger partial charge on any atom is -0.395 e.